The lowest BCUT2D eigenvalue weighted by molar-refractivity contribution is -0.128. The Hall–Kier alpha value is -1.06. The van der Waals surface area contributed by atoms with Gasteiger partial charge in [-0.1, -0.05) is 30.7 Å². The topological polar surface area (TPSA) is 32.3 Å². The zero-order chi connectivity index (χ0) is 12.7. The Kier molecular flexibility index (Phi) is 6.01. The molecule has 0 fully saturated rings. The molecule has 1 aromatic rings. The monoisotopic (exact) mass is 254 g/mol. The lowest BCUT2D eigenvalue weighted by Gasteiger charge is -2.17. The number of benzene rings is 1. The fourth-order valence-corrected chi connectivity index (χ4v) is 1.57. The van der Waals surface area contributed by atoms with Gasteiger partial charge in [-0.05, 0) is 30.7 Å². The highest BCUT2D eigenvalue weighted by molar-refractivity contribution is 6.30. The number of likely N-dealkylation sites (N-methyl/N-ethyl adjacent to an activating group) is 2. The van der Waals surface area contributed by atoms with Crippen LogP contribution in [0.5, 0.6) is 0 Å². The molecule has 17 heavy (non-hydrogen) atoms. The summed E-state index contributed by atoms with van der Waals surface area (Å²) in [5.74, 6) is 0.126. The van der Waals surface area contributed by atoms with E-state index in [1.165, 1.54) is 5.56 Å². The summed E-state index contributed by atoms with van der Waals surface area (Å²) in [6, 6.07) is 7.73. The first-order valence-electron chi connectivity index (χ1n) is 5.82. The van der Waals surface area contributed by atoms with E-state index in [-0.39, 0.29) is 5.91 Å². The standard InChI is InChI=1S/C13H19ClN2O/c1-3-15-10-13(17)16(2)9-8-11-4-6-12(14)7-5-11/h4-7,15H,3,8-10H2,1-2H3. The van der Waals surface area contributed by atoms with E-state index in [2.05, 4.69) is 5.32 Å². The minimum absolute atomic E-state index is 0.126. The summed E-state index contributed by atoms with van der Waals surface area (Å²) < 4.78 is 0. The van der Waals surface area contributed by atoms with Gasteiger partial charge in [-0.3, -0.25) is 4.79 Å². The van der Waals surface area contributed by atoms with Crippen LogP contribution in [0.1, 0.15) is 12.5 Å². The summed E-state index contributed by atoms with van der Waals surface area (Å²) in [6.45, 7) is 3.94. The van der Waals surface area contributed by atoms with E-state index in [1.807, 2.05) is 38.2 Å². The van der Waals surface area contributed by atoms with Gasteiger partial charge in [-0.15, -0.1) is 0 Å². The quantitative estimate of drug-likeness (QED) is 0.842. The van der Waals surface area contributed by atoms with Gasteiger partial charge >= 0.3 is 0 Å². The summed E-state index contributed by atoms with van der Waals surface area (Å²) in [7, 11) is 1.83. The first kappa shape index (κ1) is 14.0. The van der Waals surface area contributed by atoms with Crippen molar-refractivity contribution in [3.63, 3.8) is 0 Å². The molecule has 0 aliphatic rings. The van der Waals surface area contributed by atoms with Gasteiger partial charge in [0, 0.05) is 18.6 Å². The number of halogens is 1. The summed E-state index contributed by atoms with van der Waals surface area (Å²) in [5.41, 5.74) is 1.19. The van der Waals surface area contributed by atoms with Gasteiger partial charge in [-0.25, -0.2) is 0 Å². The molecule has 1 aromatic carbocycles. The molecule has 94 valence electrons. The van der Waals surface area contributed by atoms with E-state index in [9.17, 15) is 4.79 Å². The van der Waals surface area contributed by atoms with Crippen LogP contribution in [0.25, 0.3) is 0 Å². The van der Waals surface area contributed by atoms with Crippen molar-refractivity contribution in [1.29, 1.82) is 0 Å². The van der Waals surface area contributed by atoms with E-state index >= 15 is 0 Å². The molecule has 0 aromatic heterocycles. The molecule has 3 nitrogen and oxygen atoms in total. The van der Waals surface area contributed by atoms with Crippen LogP contribution >= 0.6 is 11.6 Å². The van der Waals surface area contributed by atoms with Gasteiger partial charge in [0.05, 0.1) is 6.54 Å². The zero-order valence-corrected chi connectivity index (χ0v) is 11.1. The van der Waals surface area contributed by atoms with Gasteiger partial charge in [0.25, 0.3) is 0 Å². The second-order valence-corrected chi connectivity index (χ2v) is 4.41. The van der Waals surface area contributed by atoms with Crippen LogP contribution in [0.2, 0.25) is 5.02 Å². The maximum atomic E-state index is 11.6. The average Bonchev–Trinajstić information content (AvgIpc) is 2.34. The lowest BCUT2D eigenvalue weighted by Crippen LogP contribution is -2.36. The normalized spacial score (nSPS) is 10.3. The Morgan fingerprint density at radius 3 is 2.59 bits per heavy atom. The molecule has 1 N–H and O–H groups in total. The van der Waals surface area contributed by atoms with Crippen LogP contribution in [-0.4, -0.2) is 37.5 Å². The van der Waals surface area contributed by atoms with Crippen molar-refractivity contribution in [2.75, 3.05) is 26.7 Å². The van der Waals surface area contributed by atoms with Gasteiger partial charge in [0.1, 0.15) is 0 Å². The number of carbonyl (C=O) groups excluding carboxylic acids is 1. The Bertz CT molecular complexity index is 351. The molecule has 0 unspecified atom stereocenters. The third kappa shape index (κ3) is 5.20. The average molecular weight is 255 g/mol. The number of rotatable bonds is 6. The van der Waals surface area contributed by atoms with Crippen molar-refractivity contribution in [3.8, 4) is 0 Å². The molecule has 1 rings (SSSR count). The molecule has 0 heterocycles. The predicted molar refractivity (Wildman–Crippen MR) is 71.3 cm³/mol. The molecule has 0 atom stereocenters. The van der Waals surface area contributed by atoms with Crippen LogP contribution in [0.15, 0.2) is 24.3 Å². The van der Waals surface area contributed by atoms with Gasteiger partial charge in [0.15, 0.2) is 0 Å². The van der Waals surface area contributed by atoms with Gasteiger partial charge in [0.2, 0.25) is 5.91 Å². The highest BCUT2D eigenvalue weighted by atomic mass is 35.5. The first-order valence-corrected chi connectivity index (χ1v) is 6.20. The number of hydrogen-bond acceptors (Lipinski definition) is 2. The first-order chi connectivity index (χ1) is 8.13. The Labute approximate surface area is 108 Å². The minimum atomic E-state index is 0.126. The summed E-state index contributed by atoms with van der Waals surface area (Å²) >= 11 is 5.81. The predicted octanol–water partition coefficient (Wildman–Crippen LogP) is 1.95. The Morgan fingerprint density at radius 2 is 2.00 bits per heavy atom. The highest BCUT2D eigenvalue weighted by Crippen LogP contribution is 2.10. The van der Waals surface area contributed by atoms with E-state index in [1.54, 1.807) is 4.90 Å². The molecule has 0 bridgehead atoms. The van der Waals surface area contributed by atoms with Crippen LogP contribution in [0, 0.1) is 0 Å². The molecule has 0 aliphatic heterocycles. The summed E-state index contributed by atoms with van der Waals surface area (Å²) in [4.78, 5) is 13.4. The van der Waals surface area contributed by atoms with Gasteiger partial charge < -0.3 is 10.2 Å². The number of nitrogens with zero attached hydrogens (tertiary/aromatic N) is 1. The largest absolute Gasteiger partial charge is 0.344 e. The number of hydrogen-bond donors (Lipinski definition) is 1. The molecule has 0 spiro atoms. The van der Waals surface area contributed by atoms with Crippen LogP contribution in [0.4, 0.5) is 0 Å². The fraction of sp³-hybridized carbons (Fsp3) is 0.462. The van der Waals surface area contributed by atoms with Crippen molar-refractivity contribution in [1.82, 2.24) is 10.2 Å². The molecular formula is C13H19ClN2O. The van der Waals surface area contributed by atoms with Crippen molar-refractivity contribution in [2.45, 2.75) is 13.3 Å². The minimum Gasteiger partial charge on any atom is -0.344 e. The van der Waals surface area contributed by atoms with E-state index < -0.39 is 0 Å². The zero-order valence-electron chi connectivity index (χ0n) is 10.4. The van der Waals surface area contributed by atoms with E-state index in [0.717, 1.165) is 24.5 Å². The maximum absolute atomic E-state index is 11.6. The van der Waals surface area contributed by atoms with Crippen LogP contribution in [0.3, 0.4) is 0 Å². The van der Waals surface area contributed by atoms with Crippen molar-refractivity contribution in [2.24, 2.45) is 0 Å². The smallest absolute Gasteiger partial charge is 0.236 e. The maximum Gasteiger partial charge on any atom is 0.236 e. The van der Waals surface area contributed by atoms with Crippen molar-refractivity contribution < 1.29 is 4.79 Å². The number of carbonyl (C=O) groups is 1. The fourth-order valence-electron chi connectivity index (χ4n) is 1.44. The highest BCUT2D eigenvalue weighted by Gasteiger charge is 2.07. The van der Waals surface area contributed by atoms with Gasteiger partial charge in [-0.2, -0.15) is 0 Å². The van der Waals surface area contributed by atoms with Crippen molar-refractivity contribution >= 4 is 17.5 Å². The Morgan fingerprint density at radius 1 is 1.35 bits per heavy atom. The Balaban J connectivity index is 2.34. The lowest BCUT2D eigenvalue weighted by atomic mass is 10.1. The van der Waals surface area contributed by atoms with Crippen LogP contribution < -0.4 is 5.32 Å². The SMILES string of the molecule is CCNCC(=O)N(C)CCc1ccc(Cl)cc1. The summed E-state index contributed by atoms with van der Waals surface area (Å²) in [5, 5.41) is 3.77. The summed E-state index contributed by atoms with van der Waals surface area (Å²) in [6.07, 6.45) is 0.853. The molecule has 4 heteroatoms. The van der Waals surface area contributed by atoms with Crippen LogP contribution in [-0.2, 0) is 11.2 Å². The molecule has 0 radical (unpaired) electrons. The second kappa shape index (κ2) is 7.30. The molecule has 0 saturated heterocycles. The van der Waals surface area contributed by atoms with E-state index in [0.29, 0.717) is 6.54 Å². The third-order valence-electron chi connectivity index (χ3n) is 2.60. The second-order valence-electron chi connectivity index (χ2n) is 3.97. The number of nitrogens with one attached hydrogen (secondary N) is 1. The molecule has 0 saturated carbocycles. The molecule has 1 amide bonds. The number of amides is 1. The third-order valence-corrected chi connectivity index (χ3v) is 2.85. The molecular weight excluding hydrogens is 236 g/mol. The van der Waals surface area contributed by atoms with E-state index in [4.69, 9.17) is 11.6 Å². The van der Waals surface area contributed by atoms with Crippen molar-refractivity contribution in [3.05, 3.63) is 34.9 Å². The molecule has 0 aliphatic carbocycles.